The fourth-order valence-electron chi connectivity index (χ4n) is 1.41. The quantitative estimate of drug-likeness (QED) is 0.810. The van der Waals surface area contributed by atoms with Gasteiger partial charge < -0.3 is 5.73 Å². The third-order valence-electron chi connectivity index (χ3n) is 2.21. The Balaban J connectivity index is 2.41. The van der Waals surface area contributed by atoms with Crippen LogP contribution in [0, 0.1) is 0 Å². The number of hydrogen-bond donors (Lipinski definition) is 1. The molecule has 64 valence electrons. The van der Waals surface area contributed by atoms with E-state index < -0.39 is 0 Å². The Hall–Kier alpha value is -0.0500. The maximum atomic E-state index is 6.04. The van der Waals surface area contributed by atoms with Crippen molar-refractivity contribution in [3.8, 4) is 0 Å². The average Bonchev–Trinajstić information content (AvgIpc) is 2.67. The molecule has 0 saturated heterocycles. The van der Waals surface area contributed by atoms with Crippen LogP contribution < -0.4 is 5.73 Å². The smallest absolute Gasteiger partial charge is 0.0452 e. The summed E-state index contributed by atoms with van der Waals surface area (Å²) >= 11 is 9.52. The molecule has 2 rings (SSSR count). The van der Waals surface area contributed by atoms with Gasteiger partial charge in [-0.3, -0.25) is 0 Å². The van der Waals surface area contributed by atoms with Crippen molar-refractivity contribution in [3.05, 3.63) is 33.3 Å². The Bertz CT molecular complexity index is 293. The van der Waals surface area contributed by atoms with Gasteiger partial charge in [-0.2, -0.15) is 0 Å². The number of nitrogens with two attached hydrogens (primary N) is 1. The highest BCUT2D eigenvalue weighted by atomic mass is 79.9. The van der Waals surface area contributed by atoms with Crippen LogP contribution in [0.1, 0.15) is 17.9 Å². The molecule has 1 aliphatic rings. The van der Waals surface area contributed by atoms with E-state index in [1.54, 1.807) is 0 Å². The molecule has 2 atom stereocenters. The van der Waals surface area contributed by atoms with E-state index in [2.05, 4.69) is 15.9 Å². The van der Waals surface area contributed by atoms with Crippen molar-refractivity contribution >= 4 is 27.5 Å². The Morgan fingerprint density at radius 2 is 2.17 bits per heavy atom. The standard InChI is InChI=1S/C9H9BrClN/c10-6-2-1-3-7(11)9(6)5-4-8(5)12/h1-3,5,8H,4,12H2/t5-,8-/m1/s1. The van der Waals surface area contributed by atoms with Crippen LogP contribution in [-0.4, -0.2) is 6.04 Å². The Morgan fingerprint density at radius 1 is 1.50 bits per heavy atom. The first-order chi connectivity index (χ1) is 5.70. The van der Waals surface area contributed by atoms with E-state index in [1.807, 2.05) is 18.2 Å². The van der Waals surface area contributed by atoms with E-state index in [-0.39, 0.29) is 0 Å². The minimum absolute atomic E-state index is 0.307. The average molecular weight is 247 g/mol. The first-order valence-corrected chi connectivity index (χ1v) is 5.06. The third-order valence-corrected chi connectivity index (χ3v) is 3.23. The van der Waals surface area contributed by atoms with Crippen LogP contribution >= 0.6 is 27.5 Å². The lowest BCUT2D eigenvalue weighted by Crippen LogP contribution is -2.01. The molecular weight excluding hydrogens is 237 g/mol. The van der Waals surface area contributed by atoms with Gasteiger partial charge in [-0.05, 0) is 24.1 Å². The van der Waals surface area contributed by atoms with Gasteiger partial charge in [0.15, 0.2) is 0 Å². The molecule has 2 N–H and O–H groups in total. The van der Waals surface area contributed by atoms with Gasteiger partial charge in [-0.1, -0.05) is 33.6 Å². The molecule has 0 aliphatic heterocycles. The number of halogens is 2. The molecule has 0 aromatic heterocycles. The van der Waals surface area contributed by atoms with Crippen LogP contribution in [0.25, 0.3) is 0 Å². The van der Waals surface area contributed by atoms with Gasteiger partial charge in [-0.25, -0.2) is 0 Å². The van der Waals surface area contributed by atoms with Crippen molar-refractivity contribution in [2.75, 3.05) is 0 Å². The predicted molar refractivity (Wildman–Crippen MR) is 54.5 cm³/mol. The van der Waals surface area contributed by atoms with E-state index in [1.165, 1.54) is 5.56 Å². The summed E-state index contributed by atoms with van der Waals surface area (Å²) in [6.07, 6.45) is 1.06. The topological polar surface area (TPSA) is 26.0 Å². The van der Waals surface area contributed by atoms with Gasteiger partial charge >= 0.3 is 0 Å². The minimum Gasteiger partial charge on any atom is -0.327 e. The van der Waals surface area contributed by atoms with E-state index in [9.17, 15) is 0 Å². The molecule has 1 aromatic carbocycles. The second-order valence-electron chi connectivity index (χ2n) is 3.14. The molecule has 0 radical (unpaired) electrons. The highest BCUT2D eigenvalue weighted by Crippen LogP contribution is 2.45. The van der Waals surface area contributed by atoms with E-state index in [0.717, 1.165) is 15.9 Å². The lowest BCUT2D eigenvalue weighted by atomic mass is 10.1. The first kappa shape index (κ1) is 8.54. The Morgan fingerprint density at radius 3 is 2.67 bits per heavy atom. The van der Waals surface area contributed by atoms with E-state index in [0.29, 0.717) is 12.0 Å². The van der Waals surface area contributed by atoms with Crippen LogP contribution in [0.4, 0.5) is 0 Å². The van der Waals surface area contributed by atoms with Gasteiger partial charge in [0, 0.05) is 21.5 Å². The molecule has 0 unspecified atom stereocenters. The van der Waals surface area contributed by atoms with Crippen molar-refractivity contribution in [2.24, 2.45) is 5.73 Å². The summed E-state index contributed by atoms with van der Waals surface area (Å²) in [5.41, 5.74) is 6.93. The second-order valence-corrected chi connectivity index (χ2v) is 4.40. The number of hydrogen-bond acceptors (Lipinski definition) is 1. The van der Waals surface area contributed by atoms with E-state index >= 15 is 0 Å². The van der Waals surface area contributed by atoms with Gasteiger partial charge in [0.1, 0.15) is 0 Å². The molecule has 0 heterocycles. The van der Waals surface area contributed by atoms with Crippen molar-refractivity contribution in [1.29, 1.82) is 0 Å². The fraction of sp³-hybridized carbons (Fsp3) is 0.333. The van der Waals surface area contributed by atoms with Crippen LogP contribution in [-0.2, 0) is 0 Å². The summed E-state index contributed by atoms with van der Waals surface area (Å²) in [5, 5.41) is 0.822. The summed E-state index contributed by atoms with van der Waals surface area (Å²) < 4.78 is 1.08. The van der Waals surface area contributed by atoms with Crippen LogP contribution in [0.15, 0.2) is 22.7 Å². The predicted octanol–water partition coefficient (Wildman–Crippen LogP) is 2.92. The zero-order valence-corrected chi connectivity index (χ0v) is 8.77. The maximum absolute atomic E-state index is 6.04. The van der Waals surface area contributed by atoms with Crippen molar-refractivity contribution in [3.63, 3.8) is 0 Å². The molecule has 0 bridgehead atoms. The minimum atomic E-state index is 0.307. The maximum Gasteiger partial charge on any atom is 0.0452 e. The second kappa shape index (κ2) is 3.02. The first-order valence-electron chi connectivity index (χ1n) is 3.89. The summed E-state index contributed by atoms with van der Waals surface area (Å²) in [7, 11) is 0. The highest BCUT2D eigenvalue weighted by Gasteiger charge is 2.37. The van der Waals surface area contributed by atoms with Gasteiger partial charge in [0.05, 0.1) is 0 Å². The zero-order valence-electron chi connectivity index (χ0n) is 6.43. The SMILES string of the molecule is N[C@@H]1C[C@H]1c1c(Cl)cccc1Br. The summed E-state index contributed by atoms with van der Waals surface area (Å²) in [6, 6.07) is 6.16. The Kier molecular flexibility index (Phi) is 2.15. The largest absolute Gasteiger partial charge is 0.327 e. The van der Waals surface area contributed by atoms with Gasteiger partial charge in [0.2, 0.25) is 0 Å². The van der Waals surface area contributed by atoms with Crippen LogP contribution in [0.3, 0.4) is 0 Å². The lowest BCUT2D eigenvalue weighted by molar-refractivity contribution is 0.986. The molecule has 1 aliphatic carbocycles. The fourth-order valence-corrected chi connectivity index (χ4v) is 2.50. The lowest BCUT2D eigenvalue weighted by Gasteiger charge is -2.04. The molecule has 1 saturated carbocycles. The van der Waals surface area contributed by atoms with Crippen molar-refractivity contribution in [2.45, 2.75) is 18.4 Å². The summed E-state index contributed by atoms with van der Waals surface area (Å²) in [4.78, 5) is 0. The molecule has 12 heavy (non-hydrogen) atoms. The summed E-state index contributed by atoms with van der Waals surface area (Å²) in [5.74, 6) is 0.466. The molecular formula is C9H9BrClN. The third kappa shape index (κ3) is 1.39. The molecule has 1 nitrogen and oxygen atoms in total. The number of rotatable bonds is 1. The normalized spacial score (nSPS) is 27.2. The molecule has 3 heteroatoms. The molecule has 0 spiro atoms. The molecule has 1 fully saturated rings. The number of benzene rings is 1. The molecule has 1 aromatic rings. The van der Waals surface area contributed by atoms with Gasteiger partial charge in [0.25, 0.3) is 0 Å². The van der Waals surface area contributed by atoms with Crippen LogP contribution in [0.5, 0.6) is 0 Å². The summed E-state index contributed by atoms with van der Waals surface area (Å²) in [6.45, 7) is 0. The monoisotopic (exact) mass is 245 g/mol. The van der Waals surface area contributed by atoms with Gasteiger partial charge in [-0.15, -0.1) is 0 Å². The highest BCUT2D eigenvalue weighted by molar-refractivity contribution is 9.10. The van der Waals surface area contributed by atoms with Crippen molar-refractivity contribution in [1.82, 2.24) is 0 Å². The zero-order chi connectivity index (χ0) is 8.72. The van der Waals surface area contributed by atoms with E-state index in [4.69, 9.17) is 17.3 Å². The van der Waals surface area contributed by atoms with Crippen molar-refractivity contribution < 1.29 is 0 Å². The molecule has 0 amide bonds. The van der Waals surface area contributed by atoms with Crippen LogP contribution in [0.2, 0.25) is 5.02 Å². The Labute approximate surface area is 85.0 Å².